The molecule has 11 heteroatoms. The maximum Gasteiger partial charge on any atom is 0.324 e. The topological polar surface area (TPSA) is 110 Å². The Balaban J connectivity index is 0.000000608. The Morgan fingerprint density at radius 3 is 1.23 bits per heavy atom. The van der Waals surface area contributed by atoms with E-state index < -0.39 is 17.4 Å². The zero-order valence-electron chi connectivity index (χ0n) is 54.4. The van der Waals surface area contributed by atoms with Crippen LogP contribution in [0.25, 0.3) is 0 Å². The molecule has 4 saturated heterocycles. The van der Waals surface area contributed by atoms with Crippen molar-refractivity contribution in [2.24, 2.45) is 5.41 Å². The van der Waals surface area contributed by atoms with Gasteiger partial charge in [0, 0.05) is 82.1 Å². The van der Waals surface area contributed by atoms with Crippen molar-refractivity contribution in [3.05, 3.63) is 28.8 Å². The highest BCUT2D eigenvalue weighted by Gasteiger charge is 2.54. The van der Waals surface area contributed by atoms with Crippen molar-refractivity contribution in [3.63, 3.8) is 0 Å². The molecule has 0 saturated carbocycles. The molecule has 0 unspecified atom stereocenters. The summed E-state index contributed by atoms with van der Waals surface area (Å²) in [5.74, 6) is -0.692. The van der Waals surface area contributed by atoms with E-state index in [1.807, 2.05) is 12.1 Å². The minimum absolute atomic E-state index is 0. The molecule has 1 aromatic rings. The monoisotopic (exact) mass is 1100 g/mol. The smallest absolute Gasteiger partial charge is 0.324 e. The van der Waals surface area contributed by atoms with Gasteiger partial charge in [-0.25, -0.2) is 0 Å². The fraction of sp³-hybridized carbons (Fsp3) is 0.881. The quantitative estimate of drug-likeness (QED) is 0.0887. The minimum atomic E-state index is -1.54. The third-order valence-corrected chi connectivity index (χ3v) is 18.5. The molecule has 456 valence electrons. The second-order valence-electron chi connectivity index (χ2n) is 32.3. The summed E-state index contributed by atoms with van der Waals surface area (Å²) in [6, 6.07) is 5.28. The van der Waals surface area contributed by atoms with E-state index in [2.05, 4.69) is 218 Å². The Kier molecular flexibility index (Phi) is 23.3. The molecule has 0 bridgehead atoms. The molecular weight excluding hydrogens is 969 g/mol. The zero-order chi connectivity index (χ0) is 58.4. The fourth-order valence-electron chi connectivity index (χ4n) is 14.7. The Labute approximate surface area is 482 Å². The number of aromatic hydroxyl groups is 1. The van der Waals surface area contributed by atoms with Gasteiger partial charge in [0.15, 0.2) is 5.41 Å². The number of phenolic OH excluding ortho intramolecular Hbond substituents is 1. The maximum atomic E-state index is 15.0. The van der Waals surface area contributed by atoms with E-state index in [1.165, 1.54) is 38.6 Å². The van der Waals surface area contributed by atoms with Gasteiger partial charge in [0.25, 0.3) is 0 Å². The van der Waals surface area contributed by atoms with Crippen molar-refractivity contribution in [3.8, 4) is 5.75 Å². The molecule has 4 fully saturated rings. The maximum absolute atomic E-state index is 15.0. The first-order valence-electron chi connectivity index (χ1n) is 29.9. The summed E-state index contributed by atoms with van der Waals surface area (Å²) in [7, 11) is 6.62. The Morgan fingerprint density at radius 1 is 0.590 bits per heavy atom. The molecule has 78 heavy (non-hydrogen) atoms. The second-order valence-corrected chi connectivity index (χ2v) is 32.3. The first-order valence-corrected chi connectivity index (χ1v) is 29.9. The molecule has 4 aliphatic rings. The summed E-state index contributed by atoms with van der Waals surface area (Å²) in [6.07, 6.45) is 10.1. The molecule has 4 heterocycles. The second kappa shape index (κ2) is 25.3. The molecule has 0 amide bonds. The van der Waals surface area contributed by atoms with Crippen molar-refractivity contribution in [1.29, 1.82) is 0 Å². The van der Waals surface area contributed by atoms with E-state index in [-0.39, 0.29) is 94.4 Å². The first-order chi connectivity index (χ1) is 34.1. The third kappa shape index (κ3) is 18.1. The van der Waals surface area contributed by atoms with Crippen molar-refractivity contribution < 1.29 is 24.2 Å². The standard InChI is InChI=1S/C42H72N2O5.C23H48N4.2CH4/c1-18-19-20-42(34(46)48-29-24-38(8,9)43(16)39(10,11)25-29,35(47)49-30-26-40(12,13)44(17)41(14,15)27-30)23-28-21-31(36(2,3)4)33(45)32(22-28)37(5,6)7;1-11-12-27(19-15-22(6,7)25-23(8,9)16-19)17-26(10)18-13-20(2,3)24-21(4,5)14-18;;/h21-22,29-30,45H,18-20,23-27H2,1-17H3;18-19,24-25H,11-17H2,1-10H3;2*1H4. The highest BCUT2D eigenvalue weighted by atomic mass is 16.6. The molecule has 0 radical (unpaired) electrons. The van der Waals surface area contributed by atoms with Crippen LogP contribution in [0, 0.1) is 5.41 Å². The predicted molar refractivity (Wildman–Crippen MR) is 333 cm³/mol. The van der Waals surface area contributed by atoms with Crippen LogP contribution in [-0.4, -0.2) is 140 Å². The van der Waals surface area contributed by atoms with Crippen molar-refractivity contribution in [2.75, 3.05) is 34.4 Å². The summed E-state index contributed by atoms with van der Waals surface area (Å²) >= 11 is 0. The molecule has 0 spiro atoms. The predicted octanol–water partition coefficient (Wildman–Crippen LogP) is 14.6. The number of hydrogen-bond acceptors (Lipinski definition) is 11. The van der Waals surface area contributed by atoms with Gasteiger partial charge in [-0.2, -0.15) is 0 Å². The van der Waals surface area contributed by atoms with Gasteiger partial charge in [-0.15, -0.1) is 0 Å². The Morgan fingerprint density at radius 2 is 0.923 bits per heavy atom. The number of carbonyl (C=O) groups is 2. The van der Waals surface area contributed by atoms with Gasteiger partial charge in [-0.05, 0) is 211 Å². The van der Waals surface area contributed by atoms with Crippen molar-refractivity contribution >= 4 is 11.9 Å². The number of carbonyl (C=O) groups excluding carboxylic acids is 2. The van der Waals surface area contributed by atoms with Gasteiger partial charge in [0.1, 0.15) is 18.0 Å². The molecule has 5 rings (SSSR count). The number of unbranched alkanes of at least 4 members (excludes halogenated alkanes) is 1. The van der Waals surface area contributed by atoms with Crippen LogP contribution in [0.15, 0.2) is 12.1 Å². The highest BCUT2D eigenvalue weighted by molar-refractivity contribution is 6.00. The lowest BCUT2D eigenvalue weighted by Crippen LogP contribution is -2.64. The zero-order valence-corrected chi connectivity index (χ0v) is 54.4. The number of nitrogens with zero attached hydrogens (tertiary/aromatic N) is 4. The number of likely N-dealkylation sites (tertiary alicyclic amines) is 2. The van der Waals surface area contributed by atoms with E-state index in [0.717, 1.165) is 29.8 Å². The lowest BCUT2D eigenvalue weighted by Gasteiger charge is -2.53. The van der Waals surface area contributed by atoms with Crippen molar-refractivity contribution in [1.82, 2.24) is 30.2 Å². The molecule has 1 aromatic carbocycles. The number of ether oxygens (including phenoxy) is 2. The Bertz CT molecular complexity index is 1960. The summed E-state index contributed by atoms with van der Waals surface area (Å²) in [6.45, 7) is 55.6. The van der Waals surface area contributed by atoms with Crippen LogP contribution in [0.1, 0.15) is 275 Å². The van der Waals surface area contributed by atoms with E-state index in [1.54, 1.807) is 0 Å². The van der Waals surface area contributed by atoms with Crippen LogP contribution in [0.5, 0.6) is 5.75 Å². The number of phenols is 1. The SMILES string of the molecule is C.C.CCCCC(Cc1cc(C(C)(C)C)c(O)c(C(C)(C)C)c1)(C(=O)OC1CC(C)(C)N(C)C(C)(C)C1)C(=O)OC1CC(C)(C)N(C)C(C)(C)C1.CCCN(CN(C)C1CC(C)(C)NC(C)(C)C1)C1CC(C)(C)NC(C)(C)C1. The van der Waals surface area contributed by atoms with Gasteiger partial charge >= 0.3 is 11.9 Å². The summed E-state index contributed by atoms with van der Waals surface area (Å²) in [4.78, 5) is 40.1. The number of rotatable bonds is 15. The lowest BCUT2D eigenvalue weighted by molar-refractivity contribution is -0.188. The van der Waals surface area contributed by atoms with Gasteiger partial charge in [-0.1, -0.05) is 95.2 Å². The number of hydrogen-bond donors (Lipinski definition) is 3. The summed E-state index contributed by atoms with van der Waals surface area (Å²) < 4.78 is 13.1. The molecular formula is C67H128N6O5. The highest BCUT2D eigenvalue weighted by Crippen LogP contribution is 2.46. The van der Waals surface area contributed by atoms with E-state index in [9.17, 15) is 14.7 Å². The number of benzene rings is 1. The van der Waals surface area contributed by atoms with Gasteiger partial charge in [0.2, 0.25) is 0 Å². The number of esters is 2. The van der Waals surface area contributed by atoms with E-state index in [0.29, 0.717) is 50.6 Å². The van der Waals surface area contributed by atoms with Crippen LogP contribution in [-0.2, 0) is 36.3 Å². The van der Waals surface area contributed by atoms with E-state index in [4.69, 9.17) is 9.47 Å². The third-order valence-electron chi connectivity index (χ3n) is 18.5. The van der Waals surface area contributed by atoms with Gasteiger partial charge < -0.3 is 25.2 Å². The van der Waals surface area contributed by atoms with Crippen LogP contribution in [0.2, 0.25) is 0 Å². The molecule has 3 N–H and O–H groups in total. The number of piperidine rings is 4. The molecule has 0 aromatic heterocycles. The Hall–Kier alpha value is -2.28. The number of nitrogens with one attached hydrogen (secondary N) is 2. The molecule has 0 atom stereocenters. The molecule has 4 aliphatic heterocycles. The minimum Gasteiger partial charge on any atom is -0.507 e. The average Bonchev–Trinajstić information content (AvgIpc) is 3.20. The van der Waals surface area contributed by atoms with Gasteiger partial charge in [0.05, 0.1) is 6.67 Å². The molecule has 0 aliphatic carbocycles. The van der Waals surface area contributed by atoms with Gasteiger partial charge in [-0.3, -0.25) is 29.2 Å². The van der Waals surface area contributed by atoms with Crippen LogP contribution in [0.4, 0.5) is 0 Å². The van der Waals surface area contributed by atoms with Crippen molar-refractivity contribution in [2.45, 2.75) is 344 Å². The van der Waals surface area contributed by atoms with E-state index >= 15 is 0 Å². The average molecular weight is 1100 g/mol. The summed E-state index contributed by atoms with van der Waals surface area (Å²) in [5.41, 5.74) is 0.253. The lowest BCUT2D eigenvalue weighted by atomic mass is 9.73. The van der Waals surface area contributed by atoms with Crippen LogP contribution < -0.4 is 10.6 Å². The summed E-state index contributed by atoms with van der Waals surface area (Å²) in [5, 5.41) is 19.2. The van der Waals surface area contributed by atoms with Crippen LogP contribution in [0.3, 0.4) is 0 Å². The van der Waals surface area contributed by atoms with Crippen LogP contribution >= 0.6 is 0 Å². The largest absolute Gasteiger partial charge is 0.507 e. The molecule has 11 nitrogen and oxygen atoms in total. The first kappa shape index (κ1) is 71.8. The normalized spacial score (nSPS) is 23.6. The fourth-order valence-corrected chi connectivity index (χ4v) is 14.7.